The Morgan fingerprint density at radius 2 is 2.17 bits per heavy atom. The fraction of sp³-hybridized carbons (Fsp3) is 0.562. The number of ether oxygens (including phenoxy) is 1. The first kappa shape index (κ1) is 17.1. The number of anilines is 1. The van der Waals surface area contributed by atoms with Gasteiger partial charge in [0.15, 0.2) is 5.82 Å². The van der Waals surface area contributed by atoms with Gasteiger partial charge in [0.2, 0.25) is 5.91 Å². The highest BCUT2D eigenvalue weighted by atomic mass is 32.1. The monoisotopic (exact) mass is 349 g/mol. The number of aromatic amines is 1. The zero-order chi connectivity index (χ0) is 17.3. The number of nitrogens with one attached hydrogen (secondary N) is 2. The molecule has 1 amide bonds. The highest BCUT2D eigenvalue weighted by molar-refractivity contribution is 7.16. The third-order valence-corrected chi connectivity index (χ3v) is 5.58. The Morgan fingerprint density at radius 3 is 2.79 bits per heavy atom. The first-order chi connectivity index (χ1) is 11.4. The summed E-state index contributed by atoms with van der Waals surface area (Å²) in [4.78, 5) is 20.0. The van der Waals surface area contributed by atoms with Crippen LogP contribution in [-0.4, -0.2) is 52.2 Å². The second kappa shape index (κ2) is 7.00. The number of carbonyl (C=O) groups is 1. The molecule has 7 nitrogen and oxygen atoms in total. The second-order valence-corrected chi connectivity index (χ2v) is 7.38. The van der Waals surface area contributed by atoms with E-state index in [1.54, 1.807) is 11.3 Å². The van der Waals surface area contributed by atoms with Gasteiger partial charge >= 0.3 is 0 Å². The first-order valence-corrected chi connectivity index (χ1v) is 8.85. The average molecular weight is 349 g/mol. The second-order valence-electron chi connectivity index (χ2n) is 6.16. The molecule has 24 heavy (non-hydrogen) atoms. The van der Waals surface area contributed by atoms with Crippen LogP contribution in [0.2, 0.25) is 0 Å². The molecule has 0 unspecified atom stereocenters. The minimum Gasteiger partial charge on any atom is -0.367 e. The molecule has 3 rings (SSSR count). The molecule has 0 saturated carbocycles. The van der Waals surface area contributed by atoms with E-state index in [-0.39, 0.29) is 12.0 Å². The maximum Gasteiger partial charge on any atom is 0.239 e. The van der Waals surface area contributed by atoms with E-state index in [9.17, 15) is 4.79 Å². The van der Waals surface area contributed by atoms with Crippen molar-refractivity contribution < 1.29 is 9.53 Å². The molecule has 0 aliphatic carbocycles. The molecule has 1 fully saturated rings. The zero-order valence-electron chi connectivity index (χ0n) is 14.5. The van der Waals surface area contributed by atoms with E-state index in [4.69, 9.17) is 4.74 Å². The summed E-state index contributed by atoms with van der Waals surface area (Å²) in [7, 11) is 0. The summed E-state index contributed by atoms with van der Waals surface area (Å²) in [5.74, 6) is 1.42. The Balaban J connectivity index is 1.58. The summed E-state index contributed by atoms with van der Waals surface area (Å²) < 4.78 is 5.73. The van der Waals surface area contributed by atoms with E-state index < -0.39 is 0 Å². The minimum atomic E-state index is -0.190. The van der Waals surface area contributed by atoms with Crippen molar-refractivity contribution in [1.29, 1.82) is 0 Å². The summed E-state index contributed by atoms with van der Waals surface area (Å²) in [6.07, 6.45) is -0.190. The van der Waals surface area contributed by atoms with Crippen molar-refractivity contribution in [2.24, 2.45) is 0 Å². The van der Waals surface area contributed by atoms with Gasteiger partial charge in [0.05, 0.1) is 18.2 Å². The van der Waals surface area contributed by atoms with Crippen LogP contribution >= 0.6 is 11.3 Å². The fourth-order valence-electron chi connectivity index (χ4n) is 2.74. The lowest BCUT2D eigenvalue weighted by atomic mass is 10.2. The van der Waals surface area contributed by atoms with E-state index >= 15 is 0 Å². The predicted octanol–water partition coefficient (Wildman–Crippen LogP) is 2.11. The molecule has 8 heteroatoms. The van der Waals surface area contributed by atoms with E-state index in [2.05, 4.69) is 39.2 Å². The van der Waals surface area contributed by atoms with Crippen molar-refractivity contribution in [2.45, 2.75) is 33.8 Å². The maximum atomic E-state index is 12.4. The van der Waals surface area contributed by atoms with Gasteiger partial charge in [-0.05, 0) is 38.8 Å². The fourth-order valence-corrected chi connectivity index (χ4v) is 3.82. The molecule has 0 aromatic carbocycles. The molecule has 0 spiro atoms. The van der Waals surface area contributed by atoms with Crippen molar-refractivity contribution in [3.63, 3.8) is 0 Å². The average Bonchev–Trinajstić information content (AvgIpc) is 3.08. The van der Waals surface area contributed by atoms with E-state index in [0.717, 1.165) is 22.9 Å². The maximum absolute atomic E-state index is 12.4. The van der Waals surface area contributed by atoms with Crippen LogP contribution in [0.5, 0.6) is 0 Å². The number of morpholine rings is 1. The molecule has 0 bridgehead atoms. The van der Waals surface area contributed by atoms with Crippen molar-refractivity contribution >= 4 is 22.2 Å². The van der Waals surface area contributed by atoms with Crippen LogP contribution < -0.4 is 5.32 Å². The number of nitrogens with zero attached hydrogens (tertiary/aromatic N) is 3. The number of rotatable bonds is 4. The van der Waals surface area contributed by atoms with E-state index in [0.29, 0.717) is 25.5 Å². The van der Waals surface area contributed by atoms with Crippen LogP contribution in [0.1, 0.15) is 33.8 Å². The molecule has 1 saturated heterocycles. The van der Waals surface area contributed by atoms with Crippen LogP contribution in [0.3, 0.4) is 0 Å². The Morgan fingerprint density at radius 1 is 1.38 bits per heavy atom. The van der Waals surface area contributed by atoms with Crippen molar-refractivity contribution in [2.75, 3.05) is 31.6 Å². The molecule has 1 aliphatic heterocycles. The number of aryl methyl sites for hydroxylation is 2. The van der Waals surface area contributed by atoms with Gasteiger partial charge in [-0.2, -0.15) is 5.10 Å². The van der Waals surface area contributed by atoms with Gasteiger partial charge in [-0.25, -0.2) is 4.98 Å². The van der Waals surface area contributed by atoms with Gasteiger partial charge in [-0.1, -0.05) is 0 Å². The molecule has 2 aromatic heterocycles. The predicted molar refractivity (Wildman–Crippen MR) is 93.4 cm³/mol. The van der Waals surface area contributed by atoms with Gasteiger partial charge in [0.25, 0.3) is 0 Å². The number of H-pyrrole nitrogens is 1. The molecule has 3 heterocycles. The highest BCUT2D eigenvalue weighted by Gasteiger charge is 2.26. The smallest absolute Gasteiger partial charge is 0.239 e. The Kier molecular flexibility index (Phi) is 4.98. The van der Waals surface area contributed by atoms with Crippen molar-refractivity contribution in [3.05, 3.63) is 27.7 Å². The number of hydrogen-bond donors (Lipinski definition) is 2. The Bertz CT molecular complexity index is 739. The lowest BCUT2D eigenvalue weighted by Crippen LogP contribution is -2.42. The largest absolute Gasteiger partial charge is 0.367 e. The van der Waals surface area contributed by atoms with Gasteiger partial charge in [0.1, 0.15) is 11.9 Å². The molecule has 1 aliphatic rings. The standard InChI is InChI=1S/C16H23N5O2S/c1-9-10(2)16(24-11(9)3)18-14(22)8-21-5-6-23-13(7-21)15-17-12(4)19-20-15/h13H,5-8H2,1-4H3,(H,18,22)(H,17,19,20)/t13-/m0/s1. The van der Waals surface area contributed by atoms with Crippen LogP contribution in [0.4, 0.5) is 5.00 Å². The molecule has 0 radical (unpaired) electrons. The summed E-state index contributed by atoms with van der Waals surface area (Å²) in [6.45, 7) is 10.3. The number of amides is 1. The SMILES string of the molecule is Cc1nc([C@@H]2CN(CC(=O)Nc3sc(C)c(C)c3C)CCO2)n[nH]1. The van der Waals surface area contributed by atoms with Gasteiger partial charge in [-0.3, -0.25) is 14.8 Å². The lowest BCUT2D eigenvalue weighted by molar-refractivity contribution is -0.119. The van der Waals surface area contributed by atoms with E-state index in [1.165, 1.54) is 10.4 Å². The Labute approximate surface area is 145 Å². The molecular formula is C16H23N5O2S. The summed E-state index contributed by atoms with van der Waals surface area (Å²) in [6, 6.07) is 0. The zero-order valence-corrected chi connectivity index (χ0v) is 15.3. The number of hydrogen-bond acceptors (Lipinski definition) is 6. The normalized spacial score (nSPS) is 18.8. The summed E-state index contributed by atoms with van der Waals surface area (Å²) >= 11 is 1.63. The number of thiophene rings is 1. The minimum absolute atomic E-state index is 0.00571. The topological polar surface area (TPSA) is 83.1 Å². The lowest BCUT2D eigenvalue weighted by Gasteiger charge is -2.30. The van der Waals surface area contributed by atoms with Gasteiger partial charge < -0.3 is 10.1 Å². The molecule has 2 aromatic rings. The number of carbonyl (C=O) groups excluding carboxylic acids is 1. The van der Waals surface area contributed by atoms with Crippen LogP contribution in [0, 0.1) is 27.7 Å². The van der Waals surface area contributed by atoms with Crippen molar-refractivity contribution in [1.82, 2.24) is 20.1 Å². The van der Waals surface area contributed by atoms with E-state index in [1.807, 2.05) is 13.8 Å². The molecular weight excluding hydrogens is 326 g/mol. The molecule has 1 atom stereocenters. The van der Waals surface area contributed by atoms with Crippen LogP contribution in [0.25, 0.3) is 0 Å². The van der Waals surface area contributed by atoms with Gasteiger partial charge in [0, 0.05) is 18.0 Å². The quantitative estimate of drug-likeness (QED) is 0.883. The van der Waals surface area contributed by atoms with Gasteiger partial charge in [-0.15, -0.1) is 11.3 Å². The van der Waals surface area contributed by atoms with Crippen LogP contribution in [-0.2, 0) is 9.53 Å². The molecule has 130 valence electrons. The number of aromatic nitrogens is 3. The van der Waals surface area contributed by atoms with Crippen molar-refractivity contribution in [3.8, 4) is 0 Å². The third-order valence-electron chi connectivity index (χ3n) is 4.36. The van der Waals surface area contributed by atoms with Crippen LogP contribution in [0.15, 0.2) is 0 Å². The molecule has 2 N–H and O–H groups in total. The first-order valence-electron chi connectivity index (χ1n) is 8.03. The Hall–Kier alpha value is -1.77. The third kappa shape index (κ3) is 3.66. The summed E-state index contributed by atoms with van der Waals surface area (Å²) in [5, 5.41) is 11.0. The summed E-state index contributed by atoms with van der Waals surface area (Å²) in [5.41, 5.74) is 2.41. The highest BCUT2D eigenvalue weighted by Crippen LogP contribution is 2.31.